The van der Waals surface area contributed by atoms with Crippen LogP contribution in [0.4, 0.5) is 0 Å². The number of aromatic nitrogens is 2. The molecule has 7 nitrogen and oxygen atoms in total. The summed E-state index contributed by atoms with van der Waals surface area (Å²) in [6, 6.07) is 0.300. The van der Waals surface area contributed by atoms with Gasteiger partial charge in [0, 0.05) is 52.4 Å². The summed E-state index contributed by atoms with van der Waals surface area (Å²) in [5.74, 6) is 0. The van der Waals surface area contributed by atoms with Gasteiger partial charge in [-0.25, -0.2) is 8.42 Å². The Hall–Kier alpha value is -0.380. The second-order valence-electron chi connectivity index (χ2n) is 5.51. The zero-order valence-electron chi connectivity index (χ0n) is 12.4. The molecule has 2 aliphatic heterocycles. The van der Waals surface area contributed by atoms with Crippen LogP contribution < -0.4 is 5.32 Å². The molecule has 22 heavy (non-hydrogen) atoms. The van der Waals surface area contributed by atoms with Crippen LogP contribution in [0.3, 0.4) is 0 Å². The van der Waals surface area contributed by atoms with Crippen molar-refractivity contribution in [3.8, 4) is 0 Å². The molecular formula is C12H21Cl2N5O2S. The summed E-state index contributed by atoms with van der Waals surface area (Å²) in [6.07, 6.45) is 2.24. The number of halogens is 2. The van der Waals surface area contributed by atoms with E-state index in [-0.39, 0.29) is 22.5 Å². The lowest BCUT2D eigenvalue weighted by Crippen LogP contribution is -2.49. The van der Waals surface area contributed by atoms with Gasteiger partial charge in [0.2, 0.25) is 0 Å². The van der Waals surface area contributed by atoms with E-state index in [0.717, 1.165) is 32.6 Å². The minimum atomic E-state index is -3.57. The predicted octanol–water partition coefficient (Wildman–Crippen LogP) is 0.164. The van der Waals surface area contributed by atoms with E-state index < -0.39 is 10.0 Å². The molecule has 0 amide bonds. The molecule has 1 atom stereocenters. The molecule has 1 unspecified atom stereocenters. The van der Waals surface area contributed by atoms with Crippen LogP contribution in [0.2, 0.25) is 5.02 Å². The van der Waals surface area contributed by atoms with E-state index in [1.54, 1.807) is 7.05 Å². The first-order valence-corrected chi connectivity index (χ1v) is 8.94. The molecule has 0 aromatic carbocycles. The molecule has 3 heterocycles. The second kappa shape index (κ2) is 7.02. The summed E-state index contributed by atoms with van der Waals surface area (Å²) >= 11 is 5.99. The fraction of sp³-hybridized carbons (Fsp3) is 0.750. The highest BCUT2D eigenvalue weighted by atomic mass is 35.5. The molecule has 3 rings (SSSR count). The third kappa shape index (κ3) is 3.27. The van der Waals surface area contributed by atoms with Crippen molar-refractivity contribution in [1.29, 1.82) is 0 Å². The van der Waals surface area contributed by atoms with Crippen LogP contribution in [0.25, 0.3) is 0 Å². The Bertz CT molecular complexity index is 596. The summed E-state index contributed by atoms with van der Waals surface area (Å²) in [5.41, 5.74) is 0. The summed E-state index contributed by atoms with van der Waals surface area (Å²) in [4.78, 5) is 2.37. The monoisotopic (exact) mass is 369 g/mol. The third-order valence-electron chi connectivity index (χ3n) is 4.22. The van der Waals surface area contributed by atoms with Gasteiger partial charge in [0.1, 0.15) is 0 Å². The van der Waals surface area contributed by atoms with E-state index in [1.807, 2.05) is 0 Å². The minimum absolute atomic E-state index is 0. The lowest BCUT2D eigenvalue weighted by molar-refractivity contribution is 0.179. The number of hydrogen-bond acceptors (Lipinski definition) is 5. The molecule has 1 aromatic rings. The Morgan fingerprint density at radius 3 is 2.59 bits per heavy atom. The van der Waals surface area contributed by atoms with Gasteiger partial charge in [-0.15, -0.1) is 12.4 Å². The number of nitrogens with one attached hydrogen (secondary N) is 1. The summed E-state index contributed by atoms with van der Waals surface area (Å²) in [5, 5.41) is 7.51. The van der Waals surface area contributed by atoms with Crippen LogP contribution in [0.15, 0.2) is 11.2 Å². The van der Waals surface area contributed by atoms with Crippen molar-refractivity contribution in [2.45, 2.75) is 17.5 Å². The summed E-state index contributed by atoms with van der Waals surface area (Å²) in [7, 11) is -1.97. The van der Waals surface area contributed by atoms with Crippen molar-refractivity contribution in [2.24, 2.45) is 7.05 Å². The highest BCUT2D eigenvalue weighted by molar-refractivity contribution is 7.89. The average Bonchev–Trinajstić information content (AvgIpc) is 3.08. The topological polar surface area (TPSA) is 70.5 Å². The number of nitrogens with zero attached hydrogens (tertiary/aromatic N) is 4. The highest BCUT2D eigenvalue weighted by Gasteiger charge is 2.37. The van der Waals surface area contributed by atoms with Gasteiger partial charge < -0.3 is 5.32 Å². The maximum Gasteiger partial charge on any atom is 0.261 e. The first-order valence-electron chi connectivity index (χ1n) is 7.12. The molecule has 0 aliphatic carbocycles. The van der Waals surface area contributed by atoms with Crippen LogP contribution in [0.1, 0.15) is 6.42 Å². The van der Waals surface area contributed by atoms with Crippen LogP contribution in [-0.4, -0.2) is 72.7 Å². The van der Waals surface area contributed by atoms with Crippen molar-refractivity contribution in [1.82, 2.24) is 24.3 Å². The van der Waals surface area contributed by atoms with E-state index in [9.17, 15) is 8.42 Å². The number of hydrogen-bond donors (Lipinski definition) is 1. The minimum Gasteiger partial charge on any atom is -0.314 e. The first kappa shape index (κ1) is 18.0. The summed E-state index contributed by atoms with van der Waals surface area (Å²) < 4.78 is 28.3. The van der Waals surface area contributed by atoms with Crippen LogP contribution in [0, 0.1) is 0 Å². The van der Waals surface area contributed by atoms with E-state index >= 15 is 0 Å². The lowest BCUT2D eigenvalue weighted by atomic mass is 10.2. The standard InChI is InChI=1S/C12H20ClN5O2S.ClH/c1-16-12(11(13)8-15-16)21(19,20)18-5-2-10(9-18)17-6-3-14-4-7-17;/h8,10,14H,2-7,9H2,1H3;1H. The molecule has 10 heteroatoms. The van der Waals surface area contributed by atoms with Crippen LogP contribution >= 0.6 is 24.0 Å². The zero-order chi connectivity index (χ0) is 15.0. The maximum absolute atomic E-state index is 12.7. The van der Waals surface area contributed by atoms with E-state index in [4.69, 9.17) is 11.6 Å². The molecule has 2 aliphatic rings. The predicted molar refractivity (Wildman–Crippen MR) is 87.1 cm³/mol. The normalized spacial score (nSPS) is 24.4. The van der Waals surface area contributed by atoms with E-state index in [2.05, 4.69) is 15.3 Å². The van der Waals surface area contributed by atoms with Gasteiger partial charge in [-0.1, -0.05) is 11.6 Å². The fourth-order valence-corrected chi connectivity index (χ4v) is 5.18. The zero-order valence-corrected chi connectivity index (χ0v) is 14.8. The van der Waals surface area contributed by atoms with Crippen molar-refractivity contribution < 1.29 is 8.42 Å². The van der Waals surface area contributed by atoms with Gasteiger partial charge in [-0.05, 0) is 6.42 Å². The Kier molecular flexibility index (Phi) is 5.73. The Balaban J connectivity index is 0.00000176. The molecule has 126 valence electrons. The number of sulfonamides is 1. The first-order chi connectivity index (χ1) is 10.00. The van der Waals surface area contributed by atoms with Crippen molar-refractivity contribution >= 4 is 34.0 Å². The Labute approximate surface area is 142 Å². The van der Waals surface area contributed by atoms with Gasteiger partial charge in [0.05, 0.1) is 11.2 Å². The average molecular weight is 370 g/mol. The quantitative estimate of drug-likeness (QED) is 0.821. The molecule has 1 aromatic heterocycles. The molecule has 2 fully saturated rings. The smallest absolute Gasteiger partial charge is 0.261 e. The number of piperazine rings is 1. The molecule has 1 N–H and O–H groups in total. The molecule has 0 bridgehead atoms. The lowest BCUT2D eigenvalue weighted by Gasteiger charge is -2.32. The number of aryl methyl sites for hydroxylation is 1. The molecule has 0 saturated carbocycles. The third-order valence-corrected chi connectivity index (χ3v) is 6.59. The van der Waals surface area contributed by atoms with Gasteiger partial charge >= 0.3 is 0 Å². The van der Waals surface area contributed by atoms with Gasteiger partial charge in [-0.3, -0.25) is 9.58 Å². The highest BCUT2D eigenvalue weighted by Crippen LogP contribution is 2.27. The second-order valence-corrected chi connectivity index (χ2v) is 7.77. The van der Waals surface area contributed by atoms with Gasteiger partial charge in [0.15, 0.2) is 5.03 Å². The Morgan fingerprint density at radius 1 is 1.32 bits per heavy atom. The van der Waals surface area contributed by atoms with E-state index in [0.29, 0.717) is 19.1 Å². The largest absolute Gasteiger partial charge is 0.314 e. The molecule has 2 saturated heterocycles. The number of rotatable bonds is 3. The fourth-order valence-electron chi connectivity index (χ4n) is 3.09. The van der Waals surface area contributed by atoms with Gasteiger partial charge in [0.25, 0.3) is 10.0 Å². The molecule has 0 radical (unpaired) electrons. The summed E-state index contributed by atoms with van der Waals surface area (Å²) in [6.45, 7) is 4.96. The van der Waals surface area contributed by atoms with E-state index in [1.165, 1.54) is 15.2 Å². The van der Waals surface area contributed by atoms with Crippen molar-refractivity contribution in [3.05, 3.63) is 11.2 Å². The maximum atomic E-state index is 12.7. The van der Waals surface area contributed by atoms with Crippen molar-refractivity contribution in [2.75, 3.05) is 39.3 Å². The van der Waals surface area contributed by atoms with Crippen molar-refractivity contribution in [3.63, 3.8) is 0 Å². The van der Waals surface area contributed by atoms with Gasteiger partial charge in [-0.2, -0.15) is 9.40 Å². The molecule has 0 spiro atoms. The Morgan fingerprint density at radius 2 is 2.00 bits per heavy atom. The van der Waals surface area contributed by atoms with Crippen LogP contribution in [-0.2, 0) is 17.1 Å². The van der Waals surface area contributed by atoms with Crippen LogP contribution in [0.5, 0.6) is 0 Å². The SMILES string of the molecule is Cl.Cn1ncc(Cl)c1S(=O)(=O)N1CCC(N2CCNCC2)C1. The molecular weight excluding hydrogens is 349 g/mol.